The maximum atomic E-state index is 14.2. The standard InChI is InChI=1S/C24H15BF3NO3/c26-14-11-16(27)24(17(28)12-14)25-31-22-10-9-15(13-23(22)32-25)29-18-5-1-3-7-20(18)30-21-8-4-2-6-19(21)29/h1-7,9-13,21H,8H2. The highest BCUT2D eigenvalue weighted by molar-refractivity contribution is 6.63. The molecule has 1 unspecified atom stereocenters. The Bertz CT molecular complexity index is 1290. The molecule has 2 aliphatic heterocycles. The predicted molar refractivity (Wildman–Crippen MR) is 114 cm³/mol. The molecule has 158 valence electrons. The molecule has 0 amide bonds. The van der Waals surface area contributed by atoms with Crippen LogP contribution in [-0.2, 0) is 0 Å². The molecular weight excluding hydrogens is 418 g/mol. The van der Waals surface area contributed by atoms with Crippen molar-refractivity contribution in [3.8, 4) is 17.2 Å². The Labute approximate surface area is 182 Å². The summed E-state index contributed by atoms with van der Waals surface area (Å²) in [5, 5.41) is 0. The Morgan fingerprint density at radius 2 is 1.66 bits per heavy atom. The van der Waals surface area contributed by atoms with Crippen molar-refractivity contribution in [2.24, 2.45) is 0 Å². The van der Waals surface area contributed by atoms with Crippen LogP contribution in [0.25, 0.3) is 0 Å². The van der Waals surface area contributed by atoms with Crippen LogP contribution >= 0.6 is 0 Å². The van der Waals surface area contributed by atoms with Gasteiger partial charge in [0.25, 0.3) is 0 Å². The third-order valence-electron chi connectivity index (χ3n) is 5.65. The molecule has 0 saturated heterocycles. The van der Waals surface area contributed by atoms with Gasteiger partial charge in [0.2, 0.25) is 0 Å². The van der Waals surface area contributed by atoms with Crippen molar-refractivity contribution in [3.05, 3.63) is 96.0 Å². The van der Waals surface area contributed by atoms with Crippen molar-refractivity contribution in [2.75, 3.05) is 4.90 Å². The molecule has 0 saturated carbocycles. The molecule has 8 heteroatoms. The minimum atomic E-state index is -1.34. The summed E-state index contributed by atoms with van der Waals surface area (Å²) in [4.78, 5) is 2.07. The second-order valence-electron chi connectivity index (χ2n) is 7.65. The lowest BCUT2D eigenvalue weighted by Gasteiger charge is -2.39. The molecule has 6 rings (SSSR count). The fourth-order valence-corrected chi connectivity index (χ4v) is 4.22. The van der Waals surface area contributed by atoms with Gasteiger partial charge < -0.3 is 18.9 Å². The maximum absolute atomic E-state index is 14.2. The molecule has 32 heavy (non-hydrogen) atoms. The van der Waals surface area contributed by atoms with E-state index in [1.807, 2.05) is 42.5 Å². The van der Waals surface area contributed by atoms with Gasteiger partial charge in [0.05, 0.1) is 16.8 Å². The molecule has 0 aromatic heterocycles. The minimum absolute atomic E-state index is 0.129. The van der Waals surface area contributed by atoms with Crippen molar-refractivity contribution in [2.45, 2.75) is 12.5 Å². The number of hydrogen-bond donors (Lipinski definition) is 0. The first-order chi connectivity index (χ1) is 15.6. The van der Waals surface area contributed by atoms with Crippen molar-refractivity contribution >= 4 is 24.0 Å². The van der Waals surface area contributed by atoms with Gasteiger partial charge >= 0.3 is 7.12 Å². The number of nitrogens with zero attached hydrogens (tertiary/aromatic N) is 1. The first-order valence-corrected chi connectivity index (χ1v) is 10.1. The van der Waals surface area contributed by atoms with E-state index in [9.17, 15) is 13.2 Å². The van der Waals surface area contributed by atoms with Gasteiger partial charge in [0, 0.05) is 30.3 Å². The molecule has 3 aromatic rings. The maximum Gasteiger partial charge on any atom is 0.638 e. The van der Waals surface area contributed by atoms with Crippen LogP contribution in [0.4, 0.5) is 24.5 Å². The zero-order chi connectivity index (χ0) is 21.8. The van der Waals surface area contributed by atoms with Crippen LogP contribution in [0.1, 0.15) is 6.42 Å². The highest BCUT2D eigenvalue weighted by Crippen LogP contribution is 2.46. The van der Waals surface area contributed by atoms with E-state index >= 15 is 0 Å². The molecule has 3 aliphatic rings. The van der Waals surface area contributed by atoms with Crippen LogP contribution in [0.5, 0.6) is 17.2 Å². The molecule has 0 fully saturated rings. The van der Waals surface area contributed by atoms with Crippen LogP contribution in [0.2, 0.25) is 0 Å². The van der Waals surface area contributed by atoms with E-state index in [1.54, 1.807) is 12.1 Å². The molecule has 0 spiro atoms. The zero-order valence-corrected chi connectivity index (χ0v) is 16.6. The molecule has 2 heterocycles. The Morgan fingerprint density at radius 3 is 2.50 bits per heavy atom. The lowest BCUT2D eigenvalue weighted by molar-refractivity contribution is 0.228. The number of ether oxygens (including phenoxy) is 1. The molecule has 4 nitrogen and oxygen atoms in total. The van der Waals surface area contributed by atoms with Crippen LogP contribution in [-0.4, -0.2) is 13.2 Å². The Morgan fingerprint density at radius 1 is 0.875 bits per heavy atom. The topological polar surface area (TPSA) is 30.9 Å². The van der Waals surface area contributed by atoms with E-state index in [1.165, 1.54) is 0 Å². The lowest BCUT2D eigenvalue weighted by atomic mass is 9.78. The normalized spacial score (nSPS) is 18.1. The Balaban J connectivity index is 1.39. The monoisotopic (exact) mass is 433 g/mol. The largest absolute Gasteiger partial charge is 0.638 e. The van der Waals surface area contributed by atoms with Gasteiger partial charge in [-0.25, -0.2) is 13.2 Å². The molecule has 3 aromatic carbocycles. The summed E-state index contributed by atoms with van der Waals surface area (Å²) >= 11 is 0. The second-order valence-corrected chi connectivity index (χ2v) is 7.65. The fraction of sp³-hybridized carbons (Fsp3) is 0.0833. The third-order valence-corrected chi connectivity index (χ3v) is 5.65. The SMILES string of the molecule is Fc1cc(F)c(B2Oc3ccc(N4C5=CC=CCC5Oc5ccccc54)cc3O2)c(F)c1. The fourth-order valence-electron chi connectivity index (χ4n) is 4.22. The van der Waals surface area contributed by atoms with Crippen molar-refractivity contribution in [1.82, 2.24) is 0 Å². The third kappa shape index (κ3) is 2.94. The van der Waals surface area contributed by atoms with E-state index < -0.39 is 30.0 Å². The number of allylic oxidation sites excluding steroid dienone is 2. The van der Waals surface area contributed by atoms with E-state index in [0.29, 0.717) is 23.6 Å². The number of rotatable bonds is 2. The van der Waals surface area contributed by atoms with E-state index in [4.69, 9.17) is 14.0 Å². The Hall–Kier alpha value is -3.81. The Kier molecular flexibility index (Phi) is 4.21. The van der Waals surface area contributed by atoms with E-state index in [0.717, 1.165) is 29.2 Å². The summed E-state index contributed by atoms with van der Waals surface area (Å²) in [5.41, 5.74) is 2.16. The van der Waals surface area contributed by atoms with Gasteiger partial charge in [-0.2, -0.15) is 0 Å². The number of hydrogen-bond acceptors (Lipinski definition) is 4. The minimum Gasteiger partial charge on any atom is -0.519 e. The molecular formula is C24H15BF3NO3. The summed E-state index contributed by atoms with van der Waals surface area (Å²) in [6.07, 6.45) is 6.65. The van der Waals surface area contributed by atoms with E-state index in [2.05, 4.69) is 11.0 Å². The van der Waals surface area contributed by atoms with Gasteiger partial charge in [-0.05, 0) is 30.3 Å². The van der Waals surface area contributed by atoms with Crippen molar-refractivity contribution in [1.29, 1.82) is 0 Å². The number of anilines is 2. The van der Waals surface area contributed by atoms with Gasteiger partial charge in [-0.15, -0.1) is 0 Å². The van der Waals surface area contributed by atoms with Gasteiger partial charge in [-0.1, -0.05) is 24.3 Å². The summed E-state index contributed by atoms with van der Waals surface area (Å²) < 4.78 is 59.3. The number of benzene rings is 3. The molecule has 0 radical (unpaired) electrons. The average Bonchev–Trinajstić information content (AvgIpc) is 3.19. The average molecular weight is 433 g/mol. The van der Waals surface area contributed by atoms with Gasteiger partial charge in [0.15, 0.2) is 0 Å². The smallest absolute Gasteiger partial charge is 0.519 e. The molecule has 1 atom stereocenters. The van der Waals surface area contributed by atoms with Crippen LogP contribution in [0.15, 0.2) is 78.5 Å². The summed E-state index contributed by atoms with van der Waals surface area (Å²) in [5.74, 6) is -1.69. The first kappa shape index (κ1) is 18.9. The summed E-state index contributed by atoms with van der Waals surface area (Å²) in [6, 6.07) is 14.2. The van der Waals surface area contributed by atoms with Crippen molar-refractivity contribution < 1.29 is 27.2 Å². The van der Waals surface area contributed by atoms with Crippen LogP contribution < -0.4 is 24.4 Å². The van der Waals surface area contributed by atoms with Gasteiger partial charge in [0.1, 0.15) is 40.8 Å². The molecule has 0 bridgehead atoms. The lowest BCUT2D eigenvalue weighted by Crippen LogP contribution is -2.43. The van der Waals surface area contributed by atoms with E-state index in [-0.39, 0.29) is 6.10 Å². The highest BCUT2D eigenvalue weighted by Gasteiger charge is 2.40. The van der Waals surface area contributed by atoms with Crippen LogP contribution in [0.3, 0.4) is 0 Å². The number of halogens is 3. The first-order valence-electron chi connectivity index (χ1n) is 10.1. The predicted octanol–water partition coefficient (Wildman–Crippen LogP) is 5.01. The second kappa shape index (κ2) is 7.12. The number of para-hydroxylation sites is 2. The summed E-state index contributed by atoms with van der Waals surface area (Å²) in [6.45, 7) is 0. The molecule has 0 N–H and O–H groups in total. The molecule has 1 aliphatic carbocycles. The quantitative estimate of drug-likeness (QED) is 0.532. The van der Waals surface area contributed by atoms with Crippen LogP contribution in [0, 0.1) is 17.5 Å². The summed E-state index contributed by atoms with van der Waals surface area (Å²) in [7, 11) is -1.34. The number of fused-ring (bicyclic) bond motifs is 3. The highest BCUT2D eigenvalue weighted by atomic mass is 19.1. The zero-order valence-electron chi connectivity index (χ0n) is 16.6. The van der Waals surface area contributed by atoms with Gasteiger partial charge in [-0.3, -0.25) is 0 Å². The van der Waals surface area contributed by atoms with Crippen molar-refractivity contribution in [3.63, 3.8) is 0 Å².